The van der Waals surface area contributed by atoms with Crippen molar-refractivity contribution in [2.45, 2.75) is 13.0 Å². The lowest BCUT2D eigenvalue weighted by Gasteiger charge is -2.08. The average Bonchev–Trinajstić information content (AvgIpc) is 2.35. The Hall–Kier alpha value is -2.21. The summed E-state index contributed by atoms with van der Waals surface area (Å²) >= 11 is 0. The molecule has 94 valence electrons. The van der Waals surface area contributed by atoms with Gasteiger partial charge in [0.25, 0.3) is 5.69 Å². The molecule has 1 aromatic carbocycles. The summed E-state index contributed by atoms with van der Waals surface area (Å²) in [5, 5.41) is 23.5. The third-order valence-electron chi connectivity index (χ3n) is 2.46. The van der Waals surface area contributed by atoms with Crippen LogP contribution in [0.5, 0.6) is 0 Å². The fourth-order valence-corrected chi connectivity index (χ4v) is 1.58. The van der Waals surface area contributed by atoms with Crippen molar-refractivity contribution < 1.29 is 10.0 Å². The Morgan fingerprint density at radius 2 is 2.22 bits per heavy atom. The van der Waals surface area contributed by atoms with Gasteiger partial charge in [0.15, 0.2) is 0 Å². The normalized spacial score (nSPS) is 12.3. The largest absolute Gasteiger partial charge is 0.392 e. The molecule has 1 heterocycles. The zero-order valence-corrected chi connectivity index (χ0v) is 9.83. The minimum atomic E-state index is -0.459. The number of nitrogens with one attached hydrogen (secondary N) is 1. The van der Waals surface area contributed by atoms with Crippen LogP contribution in [0, 0.1) is 10.1 Å². The first-order valence-electron chi connectivity index (χ1n) is 5.53. The van der Waals surface area contributed by atoms with Crippen LogP contribution in [0.25, 0.3) is 10.9 Å². The second kappa shape index (κ2) is 4.97. The van der Waals surface area contributed by atoms with E-state index in [1.165, 1.54) is 12.1 Å². The van der Waals surface area contributed by atoms with Crippen molar-refractivity contribution in [2.24, 2.45) is 0 Å². The van der Waals surface area contributed by atoms with Gasteiger partial charge in [0, 0.05) is 24.1 Å². The predicted octanol–water partition coefficient (Wildman–Crippen LogP) is 1.94. The summed E-state index contributed by atoms with van der Waals surface area (Å²) in [4.78, 5) is 14.5. The number of aliphatic hydroxyl groups excluding tert-OH is 1. The Morgan fingerprint density at radius 1 is 1.44 bits per heavy atom. The quantitative estimate of drug-likeness (QED) is 0.636. The molecule has 0 amide bonds. The van der Waals surface area contributed by atoms with E-state index in [1.54, 1.807) is 25.1 Å². The summed E-state index contributed by atoms with van der Waals surface area (Å²) in [5.74, 6) is 0.636. The Labute approximate surface area is 103 Å². The molecule has 0 bridgehead atoms. The monoisotopic (exact) mass is 247 g/mol. The van der Waals surface area contributed by atoms with Gasteiger partial charge in [-0.15, -0.1) is 0 Å². The van der Waals surface area contributed by atoms with E-state index >= 15 is 0 Å². The smallest absolute Gasteiger partial charge is 0.270 e. The van der Waals surface area contributed by atoms with Crippen LogP contribution in [0.3, 0.4) is 0 Å². The maximum atomic E-state index is 10.6. The Bertz CT molecular complexity index is 584. The highest BCUT2D eigenvalue weighted by Gasteiger charge is 2.07. The number of nitro benzene ring substituents is 1. The maximum Gasteiger partial charge on any atom is 0.270 e. The van der Waals surface area contributed by atoms with E-state index in [1.807, 2.05) is 0 Å². The summed E-state index contributed by atoms with van der Waals surface area (Å²) in [6.45, 7) is 2.09. The molecule has 2 rings (SSSR count). The molecule has 0 spiro atoms. The number of rotatable bonds is 4. The number of nitrogens with zero attached hydrogens (tertiary/aromatic N) is 2. The standard InChI is InChI=1S/C12H13N3O3/c1-8(16)7-13-12-5-2-9-6-10(15(17)18)3-4-11(9)14-12/h2-6,8,16H,7H2,1H3,(H,13,14). The number of nitro groups is 1. The van der Waals surface area contributed by atoms with E-state index in [0.717, 1.165) is 0 Å². The van der Waals surface area contributed by atoms with Crippen LogP contribution in [0.1, 0.15) is 6.92 Å². The molecule has 2 aromatic rings. The Balaban J connectivity index is 2.29. The van der Waals surface area contributed by atoms with E-state index in [-0.39, 0.29) is 5.69 Å². The van der Waals surface area contributed by atoms with Crippen molar-refractivity contribution in [3.05, 3.63) is 40.4 Å². The van der Waals surface area contributed by atoms with Crippen LogP contribution in [0.4, 0.5) is 11.5 Å². The van der Waals surface area contributed by atoms with Crippen molar-refractivity contribution in [3.8, 4) is 0 Å². The molecule has 0 saturated carbocycles. The number of pyridine rings is 1. The second-order valence-corrected chi connectivity index (χ2v) is 4.06. The molecule has 0 aliphatic carbocycles. The van der Waals surface area contributed by atoms with Crippen molar-refractivity contribution >= 4 is 22.4 Å². The van der Waals surface area contributed by atoms with Crippen LogP contribution >= 0.6 is 0 Å². The van der Waals surface area contributed by atoms with E-state index in [9.17, 15) is 10.1 Å². The fourth-order valence-electron chi connectivity index (χ4n) is 1.58. The predicted molar refractivity (Wildman–Crippen MR) is 68.6 cm³/mol. The number of hydrogen-bond donors (Lipinski definition) is 2. The van der Waals surface area contributed by atoms with Gasteiger partial charge in [0.2, 0.25) is 0 Å². The maximum absolute atomic E-state index is 10.6. The zero-order valence-electron chi connectivity index (χ0n) is 9.83. The van der Waals surface area contributed by atoms with Crippen molar-refractivity contribution in [2.75, 3.05) is 11.9 Å². The van der Waals surface area contributed by atoms with Gasteiger partial charge in [-0.25, -0.2) is 4.98 Å². The molecular formula is C12H13N3O3. The van der Waals surface area contributed by atoms with Gasteiger partial charge in [0.1, 0.15) is 5.82 Å². The van der Waals surface area contributed by atoms with Crippen LogP contribution in [-0.4, -0.2) is 27.7 Å². The lowest BCUT2D eigenvalue weighted by atomic mass is 10.2. The molecule has 6 heteroatoms. The highest BCUT2D eigenvalue weighted by molar-refractivity contribution is 5.82. The summed E-state index contributed by atoms with van der Waals surface area (Å²) in [5.41, 5.74) is 0.727. The van der Waals surface area contributed by atoms with Gasteiger partial charge in [-0.1, -0.05) is 0 Å². The molecule has 0 aliphatic heterocycles. The summed E-state index contributed by atoms with van der Waals surface area (Å²) in [6, 6.07) is 8.02. The van der Waals surface area contributed by atoms with Crippen LogP contribution in [-0.2, 0) is 0 Å². The van der Waals surface area contributed by atoms with E-state index in [2.05, 4.69) is 10.3 Å². The highest BCUT2D eigenvalue weighted by Crippen LogP contribution is 2.20. The third-order valence-corrected chi connectivity index (χ3v) is 2.46. The van der Waals surface area contributed by atoms with E-state index in [4.69, 9.17) is 5.11 Å². The first kappa shape index (κ1) is 12.3. The lowest BCUT2D eigenvalue weighted by molar-refractivity contribution is -0.384. The Morgan fingerprint density at radius 3 is 2.89 bits per heavy atom. The molecule has 0 saturated heterocycles. The molecular weight excluding hydrogens is 234 g/mol. The number of aromatic nitrogens is 1. The SMILES string of the molecule is CC(O)CNc1ccc2cc([N+](=O)[O-])ccc2n1. The topological polar surface area (TPSA) is 88.3 Å². The van der Waals surface area contributed by atoms with Gasteiger partial charge >= 0.3 is 0 Å². The Kier molecular flexibility index (Phi) is 3.38. The summed E-state index contributed by atoms with van der Waals surface area (Å²) in [6.07, 6.45) is -0.459. The molecule has 1 unspecified atom stereocenters. The van der Waals surface area contributed by atoms with Gasteiger partial charge in [-0.05, 0) is 25.1 Å². The number of anilines is 1. The molecule has 0 aliphatic rings. The van der Waals surface area contributed by atoms with E-state index < -0.39 is 11.0 Å². The highest BCUT2D eigenvalue weighted by atomic mass is 16.6. The van der Waals surface area contributed by atoms with Crippen LogP contribution < -0.4 is 5.32 Å². The number of fused-ring (bicyclic) bond motifs is 1. The van der Waals surface area contributed by atoms with E-state index in [0.29, 0.717) is 23.3 Å². The number of benzene rings is 1. The third kappa shape index (κ3) is 2.72. The summed E-state index contributed by atoms with van der Waals surface area (Å²) < 4.78 is 0. The van der Waals surface area contributed by atoms with Gasteiger partial charge in [0.05, 0.1) is 16.5 Å². The van der Waals surface area contributed by atoms with Crippen molar-refractivity contribution in [3.63, 3.8) is 0 Å². The summed E-state index contributed by atoms with van der Waals surface area (Å²) in [7, 11) is 0. The van der Waals surface area contributed by atoms with Crippen molar-refractivity contribution in [1.82, 2.24) is 4.98 Å². The minimum Gasteiger partial charge on any atom is -0.392 e. The van der Waals surface area contributed by atoms with Crippen LogP contribution in [0.2, 0.25) is 0 Å². The fraction of sp³-hybridized carbons (Fsp3) is 0.250. The second-order valence-electron chi connectivity index (χ2n) is 4.06. The molecule has 1 aromatic heterocycles. The molecule has 1 atom stereocenters. The van der Waals surface area contributed by atoms with Gasteiger partial charge in [-0.2, -0.15) is 0 Å². The molecule has 6 nitrogen and oxygen atoms in total. The van der Waals surface area contributed by atoms with Crippen LogP contribution in [0.15, 0.2) is 30.3 Å². The van der Waals surface area contributed by atoms with Crippen molar-refractivity contribution in [1.29, 1.82) is 0 Å². The number of hydrogen-bond acceptors (Lipinski definition) is 5. The number of aliphatic hydroxyl groups is 1. The average molecular weight is 247 g/mol. The molecule has 2 N–H and O–H groups in total. The lowest BCUT2D eigenvalue weighted by Crippen LogP contribution is -2.15. The number of non-ortho nitro benzene ring substituents is 1. The molecule has 0 fully saturated rings. The van der Waals surface area contributed by atoms with Gasteiger partial charge < -0.3 is 10.4 Å². The first-order chi connectivity index (χ1) is 8.56. The molecule has 0 radical (unpaired) electrons. The van der Waals surface area contributed by atoms with Gasteiger partial charge in [-0.3, -0.25) is 10.1 Å². The zero-order chi connectivity index (χ0) is 13.1. The minimum absolute atomic E-state index is 0.0500. The first-order valence-corrected chi connectivity index (χ1v) is 5.53. The molecule has 18 heavy (non-hydrogen) atoms.